The van der Waals surface area contributed by atoms with Gasteiger partial charge in [-0.3, -0.25) is 4.79 Å². The standard InChI is InChI=1S/C16H17ClN2OS/c17-15-13-4-2-1-3-12(13)14(10-18-15)16(20)19-9-11-5-7-21-8-6-11/h1-4,10-11H,5-9H2,(H,19,20). The Bertz CT molecular complexity index is 656. The van der Waals surface area contributed by atoms with Gasteiger partial charge in [-0.1, -0.05) is 35.9 Å². The third-order valence-electron chi connectivity index (χ3n) is 3.88. The van der Waals surface area contributed by atoms with Crippen molar-refractivity contribution in [1.29, 1.82) is 0 Å². The van der Waals surface area contributed by atoms with Crippen LogP contribution in [0, 0.1) is 5.92 Å². The highest BCUT2D eigenvalue weighted by atomic mass is 35.5. The van der Waals surface area contributed by atoms with Crippen LogP contribution in [-0.2, 0) is 0 Å². The van der Waals surface area contributed by atoms with Crippen LogP contribution in [-0.4, -0.2) is 28.9 Å². The number of nitrogens with one attached hydrogen (secondary N) is 1. The minimum absolute atomic E-state index is 0.0615. The molecule has 5 heteroatoms. The molecule has 1 amide bonds. The van der Waals surface area contributed by atoms with Gasteiger partial charge in [0.05, 0.1) is 5.56 Å². The van der Waals surface area contributed by atoms with Crippen LogP contribution in [0.1, 0.15) is 23.2 Å². The number of fused-ring (bicyclic) bond motifs is 1. The molecule has 0 bridgehead atoms. The van der Waals surface area contributed by atoms with E-state index in [1.807, 2.05) is 36.0 Å². The van der Waals surface area contributed by atoms with E-state index in [2.05, 4.69) is 10.3 Å². The number of nitrogens with zero attached hydrogens (tertiary/aromatic N) is 1. The van der Waals surface area contributed by atoms with Crippen molar-refractivity contribution in [2.45, 2.75) is 12.8 Å². The molecule has 0 unspecified atom stereocenters. The number of carbonyl (C=O) groups is 1. The number of aromatic nitrogens is 1. The molecule has 3 nitrogen and oxygen atoms in total. The van der Waals surface area contributed by atoms with E-state index >= 15 is 0 Å². The number of thioether (sulfide) groups is 1. The predicted octanol–water partition coefficient (Wildman–Crippen LogP) is 3.76. The molecule has 0 spiro atoms. The van der Waals surface area contributed by atoms with E-state index in [4.69, 9.17) is 11.6 Å². The molecular formula is C16H17ClN2OS. The zero-order valence-electron chi connectivity index (χ0n) is 11.6. The van der Waals surface area contributed by atoms with Crippen molar-refractivity contribution in [1.82, 2.24) is 10.3 Å². The molecule has 1 aromatic heterocycles. The quantitative estimate of drug-likeness (QED) is 0.875. The summed E-state index contributed by atoms with van der Waals surface area (Å²) in [6.45, 7) is 0.746. The molecule has 1 aliphatic rings. The van der Waals surface area contributed by atoms with Gasteiger partial charge in [0.2, 0.25) is 0 Å². The van der Waals surface area contributed by atoms with E-state index in [-0.39, 0.29) is 5.91 Å². The van der Waals surface area contributed by atoms with Crippen LogP contribution in [0.5, 0.6) is 0 Å². The average molecular weight is 321 g/mol. The Labute approximate surface area is 133 Å². The number of rotatable bonds is 3. The number of carbonyl (C=O) groups excluding carboxylic acids is 1. The third kappa shape index (κ3) is 3.33. The Balaban J connectivity index is 1.77. The molecule has 0 saturated carbocycles. The van der Waals surface area contributed by atoms with Crippen LogP contribution < -0.4 is 5.32 Å². The van der Waals surface area contributed by atoms with Gasteiger partial charge in [0.15, 0.2) is 0 Å². The lowest BCUT2D eigenvalue weighted by Crippen LogP contribution is -2.31. The van der Waals surface area contributed by atoms with Crippen LogP contribution in [0.3, 0.4) is 0 Å². The van der Waals surface area contributed by atoms with Gasteiger partial charge in [0, 0.05) is 18.1 Å². The summed E-state index contributed by atoms with van der Waals surface area (Å²) in [5, 5.41) is 5.16. The van der Waals surface area contributed by atoms with Gasteiger partial charge in [-0.15, -0.1) is 0 Å². The van der Waals surface area contributed by atoms with Crippen molar-refractivity contribution >= 4 is 40.0 Å². The molecule has 110 valence electrons. The van der Waals surface area contributed by atoms with Crippen LogP contribution in [0.2, 0.25) is 5.15 Å². The largest absolute Gasteiger partial charge is 0.352 e. The van der Waals surface area contributed by atoms with Crippen molar-refractivity contribution < 1.29 is 4.79 Å². The average Bonchev–Trinajstić information content (AvgIpc) is 2.54. The lowest BCUT2D eigenvalue weighted by atomic mass is 10.0. The molecule has 1 fully saturated rings. The minimum atomic E-state index is -0.0615. The van der Waals surface area contributed by atoms with Crippen molar-refractivity contribution in [3.63, 3.8) is 0 Å². The molecule has 21 heavy (non-hydrogen) atoms. The number of pyridine rings is 1. The van der Waals surface area contributed by atoms with Crippen molar-refractivity contribution in [3.05, 3.63) is 41.2 Å². The van der Waals surface area contributed by atoms with Gasteiger partial charge in [-0.2, -0.15) is 11.8 Å². The van der Waals surface area contributed by atoms with Crippen LogP contribution >= 0.6 is 23.4 Å². The molecule has 0 radical (unpaired) electrons. The fraction of sp³-hybridized carbons (Fsp3) is 0.375. The van der Waals surface area contributed by atoms with E-state index in [1.165, 1.54) is 24.3 Å². The lowest BCUT2D eigenvalue weighted by molar-refractivity contribution is 0.0947. The maximum absolute atomic E-state index is 12.4. The number of hydrogen-bond acceptors (Lipinski definition) is 3. The van der Waals surface area contributed by atoms with Gasteiger partial charge in [0.1, 0.15) is 5.15 Å². The van der Waals surface area contributed by atoms with E-state index in [0.29, 0.717) is 16.6 Å². The predicted molar refractivity (Wildman–Crippen MR) is 89.1 cm³/mol. The molecule has 0 aliphatic carbocycles. The number of halogens is 1. The van der Waals surface area contributed by atoms with E-state index < -0.39 is 0 Å². The number of benzene rings is 1. The van der Waals surface area contributed by atoms with E-state index in [9.17, 15) is 4.79 Å². The summed E-state index contributed by atoms with van der Waals surface area (Å²) < 4.78 is 0. The minimum Gasteiger partial charge on any atom is -0.352 e. The normalized spacial score (nSPS) is 16.0. The molecule has 1 aliphatic heterocycles. The maximum Gasteiger partial charge on any atom is 0.253 e. The van der Waals surface area contributed by atoms with Crippen molar-refractivity contribution in [2.75, 3.05) is 18.1 Å². The summed E-state index contributed by atoms with van der Waals surface area (Å²) >= 11 is 8.08. The number of hydrogen-bond donors (Lipinski definition) is 1. The molecule has 1 N–H and O–H groups in total. The summed E-state index contributed by atoms with van der Waals surface area (Å²) in [6, 6.07) is 7.61. The molecule has 2 heterocycles. The highest BCUT2D eigenvalue weighted by Gasteiger charge is 2.17. The smallest absolute Gasteiger partial charge is 0.253 e. The Hall–Kier alpha value is -1.26. The second-order valence-electron chi connectivity index (χ2n) is 5.27. The zero-order chi connectivity index (χ0) is 14.7. The summed E-state index contributed by atoms with van der Waals surface area (Å²) in [6.07, 6.45) is 3.94. The molecule has 1 aromatic carbocycles. The van der Waals surface area contributed by atoms with E-state index in [0.717, 1.165) is 17.3 Å². The zero-order valence-corrected chi connectivity index (χ0v) is 13.2. The third-order valence-corrected chi connectivity index (χ3v) is 5.23. The van der Waals surface area contributed by atoms with Gasteiger partial charge in [-0.05, 0) is 35.7 Å². The Morgan fingerprint density at radius 2 is 2.00 bits per heavy atom. The topological polar surface area (TPSA) is 42.0 Å². The summed E-state index contributed by atoms with van der Waals surface area (Å²) in [5.41, 5.74) is 0.597. The van der Waals surface area contributed by atoms with Crippen LogP contribution in [0.4, 0.5) is 0 Å². The Morgan fingerprint density at radius 3 is 2.76 bits per heavy atom. The monoisotopic (exact) mass is 320 g/mol. The Kier molecular flexibility index (Phi) is 4.66. The molecule has 1 saturated heterocycles. The van der Waals surface area contributed by atoms with Gasteiger partial charge < -0.3 is 5.32 Å². The first kappa shape index (κ1) is 14.7. The van der Waals surface area contributed by atoms with Gasteiger partial charge >= 0.3 is 0 Å². The fourth-order valence-corrected chi connectivity index (χ4v) is 4.04. The summed E-state index contributed by atoms with van der Waals surface area (Å²) in [7, 11) is 0. The fourth-order valence-electron chi connectivity index (χ4n) is 2.62. The highest BCUT2D eigenvalue weighted by Crippen LogP contribution is 2.25. The molecular weight excluding hydrogens is 304 g/mol. The van der Waals surface area contributed by atoms with Crippen molar-refractivity contribution in [2.24, 2.45) is 5.92 Å². The first-order valence-electron chi connectivity index (χ1n) is 7.15. The molecule has 0 atom stereocenters. The first-order chi connectivity index (χ1) is 10.3. The van der Waals surface area contributed by atoms with Gasteiger partial charge in [0.25, 0.3) is 5.91 Å². The second-order valence-corrected chi connectivity index (χ2v) is 6.86. The second kappa shape index (κ2) is 6.67. The molecule has 2 aromatic rings. The van der Waals surface area contributed by atoms with Gasteiger partial charge in [-0.25, -0.2) is 4.98 Å². The lowest BCUT2D eigenvalue weighted by Gasteiger charge is -2.21. The summed E-state index contributed by atoms with van der Waals surface area (Å²) in [4.78, 5) is 16.5. The maximum atomic E-state index is 12.4. The van der Waals surface area contributed by atoms with Crippen molar-refractivity contribution in [3.8, 4) is 0 Å². The highest BCUT2D eigenvalue weighted by molar-refractivity contribution is 7.99. The SMILES string of the molecule is O=C(NCC1CCSCC1)c1cnc(Cl)c2ccccc12. The van der Waals surface area contributed by atoms with Crippen LogP contribution in [0.25, 0.3) is 10.8 Å². The number of amides is 1. The summed E-state index contributed by atoms with van der Waals surface area (Å²) in [5.74, 6) is 2.94. The first-order valence-corrected chi connectivity index (χ1v) is 8.68. The van der Waals surface area contributed by atoms with E-state index in [1.54, 1.807) is 6.20 Å². The molecule has 3 rings (SSSR count). The Morgan fingerprint density at radius 1 is 1.29 bits per heavy atom. The van der Waals surface area contributed by atoms with Crippen LogP contribution in [0.15, 0.2) is 30.5 Å².